The molecule has 0 bridgehead atoms. The number of benzene rings is 2. The SMILES string of the molecule is CC(=O)c1cc2cc(NCc3cccc(C(=O)NCc4cccc(C(F)(F)F)c4)c3)cnc2[nH]1. The number of carbonyl (C=O) groups excluding carboxylic acids is 2. The van der Waals surface area contributed by atoms with Gasteiger partial charge in [0, 0.05) is 31.0 Å². The number of pyridine rings is 1. The van der Waals surface area contributed by atoms with Gasteiger partial charge in [-0.2, -0.15) is 13.2 Å². The first-order valence-electron chi connectivity index (χ1n) is 10.5. The van der Waals surface area contributed by atoms with E-state index in [1.807, 2.05) is 12.1 Å². The van der Waals surface area contributed by atoms with Crippen LogP contribution in [0.4, 0.5) is 18.9 Å². The van der Waals surface area contributed by atoms with Gasteiger partial charge in [-0.15, -0.1) is 0 Å². The molecule has 0 aliphatic heterocycles. The Labute approximate surface area is 193 Å². The smallest absolute Gasteiger partial charge is 0.380 e. The van der Waals surface area contributed by atoms with Crippen molar-refractivity contribution in [2.75, 3.05) is 5.32 Å². The number of alkyl halides is 3. The molecule has 0 saturated heterocycles. The van der Waals surface area contributed by atoms with Gasteiger partial charge in [0.15, 0.2) is 5.78 Å². The maximum Gasteiger partial charge on any atom is 0.416 e. The Morgan fingerprint density at radius 3 is 2.44 bits per heavy atom. The number of halogens is 3. The van der Waals surface area contributed by atoms with Crippen LogP contribution in [0, 0.1) is 0 Å². The number of anilines is 1. The number of nitrogens with zero attached hydrogens (tertiary/aromatic N) is 1. The van der Waals surface area contributed by atoms with Crippen LogP contribution >= 0.6 is 0 Å². The van der Waals surface area contributed by atoms with Crippen LogP contribution < -0.4 is 10.6 Å². The van der Waals surface area contributed by atoms with Gasteiger partial charge in [0.1, 0.15) is 5.65 Å². The second-order valence-electron chi connectivity index (χ2n) is 7.84. The van der Waals surface area contributed by atoms with Crippen LogP contribution in [0.5, 0.6) is 0 Å². The van der Waals surface area contributed by atoms with Gasteiger partial charge in [-0.1, -0.05) is 24.3 Å². The maximum atomic E-state index is 12.9. The monoisotopic (exact) mass is 466 g/mol. The molecule has 0 unspecified atom stereocenters. The van der Waals surface area contributed by atoms with Crippen LogP contribution in [0.15, 0.2) is 66.9 Å². The molecule has 174 valence electrons. The fourth-order valence-electron chi connectivity index (χ4n) is 3.47. The molecule has 0 aliphatic rings. The zero-order chi connectivity index (χ0) is 24.3. The average molecular weight is 466 g/mol. The van der Waals surface area contributed by atoms with Gasteiger partial charge in [-0.25, -0.2) is 4.98 Å². The van der Waals surface area contributed by atoms with E-state index in [4.69, 9.17) is 0 Å². The first-order valence-corrected chi connectivity index (χ1v) is 10.5. The third-order valence-electron chi connectivity index (χ3n) is 5.24. The Bertz CT molecular complexity index is 1360. The molecule has 0 fully saturated rings. The summed E-state index contributed by atoms with van der Waals surface area (Å²) in [5, 5.41) is 6.70. The Morgan fingerprint density at radius 1 is 0.971 bits per heavy atom. The third kappa shape index (κ3) is 5.43. The molecule has 0 spiro atoms. The topological polar surface area (TPSA) is 86.9 Å². The van der Waals surface area contributed by atoms with Crippen molar-refractivity contribution < 1.29 is 22.8 Å². The van der Waals surface area contributed by atoms with Crippen LogP contribution in [0.2, 0.25) is 0 Å². The first-order chi connectivity index (χ1) is 16.2. The summed E-state index contributed by atoms with van der Waals surface area (Å²) in [6.45, 7) is 1.88. The first kappa shape index (κ1) is 23.0. The van der Waals surface area contributed by atoms with Crippen molar-refractivity contribution in [2.24, 2.45) is 0 Å². The molecule has 2 heterocycles. The van der Waals surface area contributed by atoms with E-state index in [2.05, 4.69) is 20.6 Å². The van der Waals surface area contributed by atoms with E-state index >= 15 is 0 Å². The molecular weight excluding hydrogens is 445 g/mol. The summed E-state index contributed by atoms with van der Waals surface area (Å²) in [5.74, 6) is -0.456. The van der Waals surface area contributed by atoms with Gasteiger partial charge in [0.2, 0.25) is 0 Å². The number of H-pyrrole nitrogens is 1. The van der Waals surface area contributed by atoms with Gasteiger partial charge in [0.25, 0.3) is 5.91 Å². The number of rotatable bonds is 7. The third-order valence-corrected chi connectivity index (χ3v) is 5.24. The number of Topliss-reactive ketones (excluding diaryl/α,β-unsaturated/α-hetero) is 1. The van der Waals surface area contributed by atoms with Gasteiger partial charge < -0.3 is 15.6 Å². The summed E-state index contributed by atoms with van der Waals surface area (Å²) in [6, 6.07) is 15.4. The molecule has 4 aromatic rings. The van der Waals surface area contributed by atoms with Crippen molar-refractivity contribution in [1.82, 2.24) is 15.3 Å². The van der Waals surface area contributed by atoms with Crippen LogP contribution in [-0.2, 0) is 19.3 Å². The Morgan fingerprint density at radius 2 is 1.71 bits per heavy atom. The molecule has 3 N–H and O–H groups in total. The molecule has 1 amide bonds. The van der Waals surface area contributed by atoms with Crippen LogP contribution in [-0.4, -0.2) is 21.7 Å². The standard InChI is InChI=1S/C25H21F3N4O2/c1-15(33)22-11-19-10-21(14-30-23(19)32-22)29-12-16-4-2-6-18(8-16)24(34)31-13-17-5-3-7-20(9-17)25(26,27)28/h2-11,14,29H,12-13H2,1H3,(H,30,32)(H,31,34). The van der Waals surface area contributed by atoms with Crippen LogP contribution in [0.1, 0.15) is 44.5 Å². The lowest BCUT2D eigenvalue weighted by molar-refractivity contribution is -0.137. The molecule has 2 aromatic heterocycles. The number of ketones is 1. The van der Waals surface area contributed by atoms with Crippen LogP contribution in [0.25, 0.3) is 11.0 Å². The van der Waals surface area contributed by atoms with E-state index in [-0.39, 0.29) is 18.2 Å². The lowest BCUT2D eigenvalue weighted by Crippen LogP contribution is -2.23. The largest absolute Gasteiger partial charge is 0.416 e. The number of nitrogens with one attached hydrogen (secondary N) is 3. The highest BCUT2D eigenvalue weighted by molar-refractivity contribution is 5.97. The number of carbonyl (C=O) groups is 2. The van der Waals surface area contributed by atoms with Crippen molar-refractivity contribution >= 4 is 28.4 Å². The number of aromatic amines is 1. The minimum atomic E-state index is -4.43. The molecule has 4 rings (SSSR count). The fourth-order valence-corrected chi connectivity index (χ4v) is 3.47. The van der Waals surface area contributed by atoms with Crippen molar-refractivity contribution in [3.05, 3.63) is 94.8 Å². The normalized spacial score (nSPS) is 11.4. The summed E-state index contributed by atoms with van der Waals surface area (Å²) in [4.78, 5) is 31.3. The second kappa shape index (κ2) is 9.38. The van der Waals surface area contributed by atoms with E-state index in [0.717, 1.165) is 28.8 Å². The molecule has 2 aromatic carbocycles. The van der Waals surface area contributed by atoms with E-state index in [0.29, 0.717) is 29.0 Å². The Balaban J connectivity index is 1.38. The molecule has 0 radical (unpaired) electrons. The molecule has 6 nitrogen and oxygen atoms in total. The van der Waals surface area contributed by atoms with Crippen molar-refractivity contribution in [2.45, 2.75) is 26.2 Å². The van der Waals surface area contributed by atoms with Gasteiger partial charge in [-0.3, -0.25) is 9.59 Å². The maximum absolute atomic E-state index is 12.9. The predicted molar refractivity (Wildman–Crippen MR) is 122 cm³/mol. The number of fused-ring (bicyclic) bond motifs is 1. The fraction of sp³-hybridized carbons (Fsp3) is 0.160. The Hall–Kier alpha value is -4.14. The van der Waals surface area contributed by atoms with E-state index in [1.54, 1.807) is 30.5 Å². The van der Waals surface area contributed by atoms with E-state index in [1.165, 1.54) is 19.1 Å². The number of aromatic nitrogens is 2. The zero-order valence-corrected chi connectivity index (χ0v) is 18.2. The zero-order valence-electron chi connectivity index (χ0n) is 18.2. The van der Waals surface area contributed by atoms with E-state index in [9.17, 15) is 22.8 Å². The summed E-state index contributed by atoms with van der Waals surface area (Å²) >= 11 is 0. The quantitative estimate of drug-likeness (QED) is 0.322. The highest BCUT2D eigenvalue weighted by Gasteiger charge is 2.30. The predicted octanol–water partition coefficient (Wildman–Crippen LogP) is 5.33. The molecule has 34 heavy (non-hydrogen) atoms. The summed E-state index contributed by atoms with van der Waals surface area (Å²) < 4.78 is 38.6. The Kier molecular flexibility index (Phi) is 6.36. The minimum Gasteiger partial charge on any atom is -0.380 e. The lowest BCUT2D eigenvalue weighted by atomic mass is 10.1. The summed E-state index contributed by atoms with van der Waals surface area (Å²) in [5.41, 5.74) is 2.71. The number of hydrogen-bond acceptors (Lipinski definition) is 4. The highest BCUT2D eigenvalue weighted by atomic mass is 19.4. The molecular formula is C25H21F3N4O2. The molecule has 0 atom stereocenters. The van der Waals surface area contributed by atoms with E-state index < -0.39 is 11.7 Å². The lowest BCUT2D eigenvalue weighted by Gasteiger charge is -2.11. The number of amides is 1. The minimum absolute atomic E-state index is 0.0180. The average Bonchev–Trinajstić information content (AvgIpc) is 3.25. The number of hydrogen-bond donors (Lipinski definition) is 3. The second-order valence-corrected chi connectivity index (χ2v) is 7.84. The van der Waals surface area contributed by atoms with Gasteiger partial charge in [0.05, 0.1) is 23.1 Å². The van der Waals surface area contributed by atoms with Crippen LogP contribution in [0.3, 0.4) is 0 Å². The summed E-state index contributed by atoms with van der Waals surface area (Å²) in [6.07, 6.45) is -2.79. The van der Waals surface area contributed by atoms with Crippen molar-refractivity contribution in [1.29, 1.82) is 0 Å². The molecule has 0 saturated carbocycles. The van der Waals surface area contributed by atoms with Crippen molar-refractivity contribution in [3.8, 4) is 0 Å². The summed E-state index contributed by atoms with van der Waals surface area (Å²) in [7, 11) is 0. The van der Waals surface area contributed by atoms with Crippen molar-refractivity contribution in [3.63, 3.8) is 0 Å². The highest BCUT2D eigenvalue weighted by Crippen LogP contribution is 2.29. The van der Waals surface area contributed by atoms with Gasteiger partial charge in [-0.05, 0) is 47.5 Å². The van der Waals surface area contributed by atoms with Gasteiger partial charge >= 0.3 is 6.18 Å². The molecule has 0 aliphatic carbocycles. The molecule has 9 heteroatoms.